The summed E-state index contributed by atoms with van der Waals surface area (Å²) in [6.45, 7) is 0.595. The Kier molecular flexibility index (Phi) is 8.26. The van der Waals surface area contributed by atoms with Crippen LogP contribution in [0.4, 0.5) is 24.5 Å². The Labute approximate surface area is 235 Å². The van der Waals surface area contributed by atoms with Gasteiger partial charge in [0.1, 0.15) is 11.9 Å². The van der Waals surface area contributed by atoms with Crippen molar-refractivity contribution >= 4 is 28.8 Å². The number of carbonyl (C=O) groups is 2. The summed E-state index contributed by atoms with van der Waals surface area (Å²) in [7, 11) is 0. The highest BCUT2D eigenvalue weighted by molar-refractivity contribution is 6.03. The Morgan fingerprint density at radius 2 is 1.80 bits per heavy atom. The molecule has 6 nitrogen and oxygen atoms in total. The fraction of sp³-hybridized carbons (Fsp3) is 0.250. The van der Waals surface area contributed by atoms with Crippen molar-refractivity contribution in [3.05, 3.63) is 107 Å². The maximum Gasteiger partial charge on any atom is 0.416 e. The highest BCUT2D eigenvalue weighted by Gasteiger charge is 2.30. The SMILES string of the molecule is O=C(/C=C/C=C(\c1ccc(C(F)(F)F)cc1)c1cccc(OCCC2CC2)c1)Nc1cccc2c1CC(O)C(=O)N2. The Hall–Kier alpha value is -4.37. The molecule has 3 aromatic rings. The molecule has 0 spiro atoms. The van der Waals surface area contributed by atoms with Crippen molar-refractivity contribution in [1.29, 1.82) is 0 Å². The second-order valence-electron chi connectivity index (χ2n) is 10.2. The van der Waals surface area contributed by atoms with Gasteiger partial charge in [0.05, 0.1) is 12.2 Å². The first-order chi connectivity index (χ1) is 19.7. The third-order valence-electron chi connectivity index (χ3n) is 7.06. The average molecular weight is 563 g/mol. The average Bonchev–Trinajstić information content (AvgIpc) is 3.77. The Morgan fingerprint density at radius 1 is 1.05 bits per heavy atom. The predicted octanol–water partition coefficient (Wildman–Crippen LogP) is 6.37. The van der Waals surface area contributed by atoms with Gasteiger partial charge in [0.15, 0.2) is 0 Å². The van der Waals surface area contributed by atoms with E-state index in [4.69, 9.17) is 4.74 Å². The lowest BCUT2D eigenvalue weighted by Gasteiger charge is -2.23. The molecule has 1 aliphatic carbocycles. The minimum absolute atomic E-state index is 0.0678. The number of carbonyl (C=O) groups excluding carboxylic acids is 2. The lowest BCUT2D eigenvalue weighted by molar-refractivity contribution is -0.137. The molecule has 1 saturated carbocycles. The first kappa shape index (κ1) is 28.2. The molecule has 1 fully saturated rings. The van der Waals surface area contributed by atoms with Gasteiger partial charge in [-0.25, -0.2) is 0 Å². The third-order valence-corrected chi connectivity index (χ3v) is 7.06. The lowest BCUT2D eigenvalue weighted by atomic mass is 9.96. The van der Waals surface area contributed by atoms with Crippen LogP contribution < -0.4 is 15.4 Å². The number of anilines is 2. The smallest absolute Gasteiger partial charge is 0.416 e. The van der Waals surface area contributed by atoms with Gasteiger partial charge in [-0.1, -0.05) is 55.3 Å². The van der Waals surface area contributed by atoms with Crippen molar-refractivity contribution in [2.75, 3.05) is 17.2 Å². The van der Waals surface area contributed by atoms with Crippen LogP contribution in [0.1, 0.15) is 41.5 Å². The monoisotopic (exact) mass is 562 g/mol. The summed E-state index contributed by atoms with van der Waals surface area (Å²) >= 11 is 0. The van der Waals surface area contributed by atoms with E-state index in [1.807, 2.05) is 24.3 Å². The Balaban J connectivity index is 1.38. The van der Waals surface area contributed by atoms with Crippen LogP contribution in [0.25, 0.3) is 5.57 Å². The minimum Gasteiger partial charge on any atom is -0.494 e. The number of nitrogens with one attached hydrogen (secondary N) is 2. The van der Waals surface area contributed by atoms with E-state index in [-0.39, 0.29) is 6.42 Å². The highest BCUT2D eigenvalue weighted by atomic mass is 19.4. The van der Waals surface area contributed by atoms with Crippen molar-refractivity contribution in [2.24, 2.45) is 5.92 Å². The van der Waals surface area contributed by atoms with E-state index in [0.717, 1.165) is 30.0 Å². The van der Waals surface area contributed by atoms with Gasteiger partial charge in [0.25, 0.3) is 5.91 Å². The second kappa shape index (κ2) is 12.0. The van der Waals surface area contributed by atoms with Crippen LogP contribution in [0.3, 0.4) is 0 Å². The lowest BCUT2D eigenvalue weighted by Crippen LogP contribution is -2.34. The Bertz CT molecular complexity index is 1490. The van der Waals surface area contributed by atoms with Gasteiger partial charge in [-0.3, -0.25) is 9.59 Å². The maximum absolute atomic E-state index is 13.2. The highest BCUT2D eigenvalue weighted by Crippen LogP contribution is 2.34. The molecule has 1 heterocycles. The van der Waals surface area contributed by atoms with Gasteiger partial charge in [0, 0.05) is 29.4 Å². The van der Waals surface area contributed by atoms with Gasteiger partial charge >= 0.3 is 6.18 Å². The van der Waals surface area contributed by atoms with E-state index in [2.05, 4.69) is 10.6 Å². The molecule has 1 atom stereocenters. The largest absolute Gasteiger partial charge is 0.494 e. The number of ether oxygens (including phenoxy) is 1. The van der Waals surface area contributed by atoms with Crippen molar-refractivity contribution in [1.82, 2.24) is 0 Å². The summed E-state index contributed by atoms with van der Waals surface area (Å²) in [5.74, 6) is 0.428. The molecule has 2 aliphatic rings. The molecule has 1 aliphatic heterocycles. The number of halogens is 3. The summed E-state index contributed by atoms with van der Waals surface area (Å²) in [5, 5.41) is 15.3. The van der Waals surface area contributed by atoms with Crippen LogP contribution >= 0.6 is 0 Å². The number of rotatable bonds is 9. The summed E-state index contributed by atoms with van der Waals surface area (Å²) in [6.07, 6.45) is 2.34. The second-order valence-corrected chi connectivity index (χ2v) is 10.2. The van der Waals surface area contributed by atoms with Crippen LogP contribution in [0.5, 0.6) is 5.75 Å². The number of alkyl halides is 3. The van der Waals surface area contributed by atoms with E-state index in [1.54, 1.807) is 24.3 Å². The zero-order chi connectivity index (χ0) is 29.0. The Morgan fingerprint density at radius 3 is 2.54 bits per heavy atom. The van der Waals surface area contributed by atoms with Crippen LogP contribution in [-0.2, 0) is 22.2 Å². The molecule has 5 rings (SSSR count). The topological polar surface area (TPSA) is 87.7 Å². The van der Waals surface area contributed by atoms with Gasteiger partial charge in [0.2, 0.25) is 5.91 Å². The van der Waals surface area contributed by atoms with Gasteiger partial charge in [-0.15, -0.1) is 0 Å². The van der Waals surface area contributed by atoms with Gasteiger partial charge in [-0.05, 0) is 65.4 Å². The predicted molar refractivity (Wildman–Crippen MR) is 150 cm³/mol. The fourth-order valence-corrected chi connectivity index (χ4v) is 4.65. The van der Waals surface area contributed by atoms with Crippen molar-refractivity contribution in [3.63, 3.8) is 0 Å². The molecule has 41 heavy (non-hydrogen) atoms. The van der Waals surface area contributed by atoms with Crippen LogP contribution in [0.2, 0.25) is 0 Å². The number of benzene rings is 3. The normalized spacial score (nSPS) is 17.2. The number of hydrogen-bond acceptors (Lipinski definition) is 4. The third kappa shape index (κ3) is 7.24. The van der Waals surface area contributed by atoms with E-state index < -0.39 is 29.7 Å². The number of aliphatic hydroxyl groups is 1. The number of fused-ring (bicyclic) bond motifs is 1. The summed E-state index contributed by atoms with van der Waals surface area (Å²) in [5.41, 5.74) is 2.71. The summed E-state index contributed by atoms with van der Waals surface area (Å²) < 4.78 is 45.4. The standard InChI is InChI=1S/C32H29F3N2O4/c33-32(34,35)23-14-12-21(13-15-23)25(22-4-1-5-24(18-22)41-17-16-20-10-11-20)6-2-9-30(39)36-27-7-3-8-28-26(27)19-29(38)31(40)37-28/h1-9,12-15,18,20,29,38H,10-11,16-17,19H2,(H,36,39)(H,37,40)/b9-2+,25-6+. The van der Waals surface area contributed by atoms with E-state index in [0.29, 0.717) is 40.4 Å². The number of aliphatic hydroxyl groups excluding tert-OH is 1. The zero-order valence-electron chi connectivity index (χ0n) is 22.1. The number of amides is 2. The molecular weight excluding hydrogens is 533 g/mol. The molecular formula is C32H29F3N2O4. The molecule has 9 heteroatoms. The van der Waals surface area contributed by atoms with Crippen LogP contribution in [0, 0.1) is 5.92 Å². The van der Waals surface area contributed by atoms with Gasteiger partial charge in [-0.2, -0.15) is 13.2 Å². The summed E-state index contributed by atoms with van der Waals surface area (Å²) in [4.78, 5) is 24.5. The van der Waals surface area contributed by atoms with E-state index >= 15 is 0 Å². The summed E-state index contributed by atoms with van der Waals surface area (Å²) in [6, 6.07) is 17.2. The molecule has 0 saturated heterocycles. The number of allylic oxidation sites excluding steroid dienone is 2. The minimum atomic E-state index is -4.45. The fourth-order valence-electron chi connectivity index (χ4n) is 4.65. The molecule has 2 amide bonds. The molecule has 3 N–H and O–H groups in total. The quantitative estimate of drug-likeness (QED) is 0.209. The molecule has 3 aromatic carbocycles. The molecule has 0 radical (unpaired) electrons. The van der Waals surface area contributed by atoms with Crippen LogP contribution in [-0.4, -0.2) is 29.6 Å². The van der Waals surface area contributed by atoms with Gasteiger partial charge < -0.3 is 20.5 Å². The molecule has 212 valence electrons. The van der Waals surface area contributed by atoms with Crippen molar-refractivity contribution in [2.45, 2.75) is 38.0 Å². The molecule has 0 aromatic heterocycles. The van der Waals surface area contributed by atoms with Crippen molar-refractivity contribution < 1.29 is 32.6 Å². The first-order valence-electron chi connectivity index (χ1n) is 13.4. The number of hydrogen-bond donors (Lipinski definition) is 3. The van der Waals surface area contributed by atoms with E-state index in [9.17, 15) is 27.9 Å². The van der Waals surface area contributed by atoms with E-state index in [1.165, 1.54) is 37.1 Å². The zero-order valence-corrected chi connectivity index (χ0v) is 22.1. The molecule has 0 bridgehead atoms. The maximum atomic E-state index is 13.2. The van der Waals surface area contributed by atoms with Crippen molar-refractivity contribution in [3.8, 4) is 5.75 Å². The first-order valence-corrected chi connectivity index (χ1v) is 13.4. The molecule has 1 unspecified atom stereocenters. The van der Waals surface area contributed by atoms with Crippen LogP contribution in [0.15, 0.2) is 85.0 Å².